The average Bonchev–Trinajstić information content (AvgIpc) is 4.19. The molecule has 10 rings (SSSR count). The number of likely N-dealkylation sites (tertiary alicyclic amines) is 1. The average molecular weight is 1060 g/mol. The van der Waals surface area contributed by atoms with E-state index in [1.165, 1.54) is 15.3 Å². The number of amides is 4. The molecule has 0 radical (unpaired) electrons. The van der Waals surface area contributed by atoms with E-state index in [4.69, 9.17) is 25.7 Å². The number of carbonyl (C=O) groups excluding carboxylic acids is 4. The largest absolute Gasteiger partial charge is 0.490 e. The predicted octanol–water partition coefficient (Wildman–Crippen LogP) is 9.68. The van der Waals surface area contributed by atoms with Crippen LogP contribution >= 0.6 is 34.3 Å². The van der Waals surface area contributed by atoms with Gasteiger partial charge in [-0.25, -0.2) is 0 Å². The second kappa shape index (κ2) is 20.2. The van der Waals surface area contributed by atoms with Gasteiger partial charge in [-0.2, -0.15) is 0 Å². The molecule has 4 amide bonds. The van der Waals surface area contributed by atoms with Gasteiger partial charge in [-0.1, -0.05) is 68.8 Å². The molecule has 1 saturated carbocycles. The molecule has 18 heteroatoms. The molecule has 2 aliphatic heterocycles. The number of aliphatic imine (C=N–C) groups is 1. The number of fused-ring (bicyclic) bond motifs is 4. The lowest BCUT2D eigenvalue weighted by Crippen LogP contribution is -2.57. The zero-order valence-electron chi connectivity index (χ0n) is 42.5. The van der Waals surface area contributed by atoms with Crippen molar-refractivity contribution in [2.75, 3.05) is 6.54 Å². The topological polar surface area (TPSA) is 193 Å². The number of hydrogen-bond donors (Lipinski definition) is 4. The van der Waals surface area contributed by atoms with Crippen molar-refractivity contribution in [1.82, 2.24) is 35.6 Å². The Labute approximate surface area is 442 Å². The van der Waals surface area contributed by atoms with Gasteiger partial charge in [-0.05, 0) is 104 Å². The number of aromatic nitrogens is 3. The van der Waals surface area contributed by atoms with Gasteiger partial charge in [0.15, 0.2) is 11.6 Å². The number of nitrogens with zero attached hydrogens (tertiary/aromatic N) is 5. The second-order valence-electron chi connectivity index (χ2n) is 20.8. The number of carbonyl (C=O) groups is 4. The van der Waals surface area contributed by atoms with Crippen LogP contribution in [-0.2, 0) is 14.4 Å². The van der Waals surface area contributed by atoms with Crippen LogP contribution in [-0.4, -0.2) is 91.0 Å². The minimum Gasteiger partial charge on any atom is -0.490 e. The Balaban J connectivity index is 0.754. The number of thiophene rings is 2. The maximum Gasteiger partial charge on any atom is 0.287 e. The fourth-order valence-electron chi connectivity index (χ4n) is 10.1. The van der Waals surface area contributed by atoms with Gasteiger partial charge in [0.25, 0.3) is 5.91 Å². The second-order valence-corrected chi connectivity index (χ2v) is 23.4. The van der Waals surface area contributed by atoms with Gasteiger partial charge in [0.2, 0.25) is 17.7 Å². The van der Waals surface area contributed by atoms with Crippen molar-refractivity contribution >= 4 is 74.6 Å². The van der Waals surface area contributed by atoms with E-state index < -0.39 is 41.5 Å². The van der Waals surface area contributed by atoms with Gasteiger partial charge < -0.3 is 35.1 Å². The van der Waals surface area contributed by atoms with E-state index in [0.29, 0.717) is 40.4 Å². The molecule has 15 nitrogen and oxygen atoms in total. The molecule has 2 fully saturated rings. The Morgan fingerprint density at radius 3 is 2.35 bits per heavy atom. The van der Waals surface area contributed by atoms with Crippen LogP contribution in [0.25, 0.3) is 26.4 Å². The molecule has 1 unspecified atom stereocenters. The Kier molecular flexibility index (Phi) is 13.9. The van der Waals surface area contributed by atoms with Gasteiger partial charge in [0.1, 0.15) is 46.4 Å². The molecule has 384 valence electrons. The number of furan rings is 1. The molecular formula is C56H59ClN8O7S2. The molecule has 1 saturated heterocycles. The van der Waals surface area contributed by atoms with Crippen LogP contribution < -0.4 is 20.7 Å². The highest BCUT2D eigenvalue weighted by molar-refractivity contribution is 7.15. The third-order valence-corrected chi connectivity index (χ3v) is 16.9. The number of aliphatic hydroxyl groups is 1. The highest BCUT2D eigenvalue weighted by Gasteiger charge is 2.45. The van der Waals surface area contributed by atoms with E-state index >= 15 is 0 Å². The zero-order valence-corrected chi connectivity index (χ0v) is 44.9. The maximum atomic E-state index is 14.4. The number of β-amino-alcohol motifs (C(OH)–C–C–N with tert-alkyl or cyclic N) is 1. The normalized spacial score (nSPS) is 20.2. The molecule has 5 atom stereocenters. The van der Waals surface area contributed by atoms with Crippen molar-refractivity contribution in [3.8, 4) is 21.2 Å². The molecule has 1 aliphatic carbocycles. The molecule has 74 heavy (non-hydrogen) atoms. The summed E-state index contributed by atoms with van der Waals surface area (Å²) in [6.45, 7) is 15.5. The first-order valence-electron chi connectivity index (χ1n) is 24.9. The number of aliphatic hydroxyl groups excluding tert-OH is 1. The van der Waals surface area contributed by atoms with Crippen molar-refractivity contribution in [2.24, 2.45) is 10.4 Å². The van der Waals surface area contributed by atoms with Crippen molar-refractivity contribution in [2.45, 2.75) is 123 Å². The van der Waals surface area contributed by atoms with E-state index in [1.807, 2.05) is 87.7 Å². The third kappa shape index (κ3) is 10.1. The number of halogens is 1. The fourth-order valence-corrected chi connectivity index (χ4v) is 12.3. The van der Waals surface area contributed by atoms with Crippen LogP contribution in [0.3, 0.4) is 0 Å². The van der Waals surface area contributed by atoms with Gasteiger partial charge in [0.05, 0.1) is 24.3 Å². The van der Waals surface area contributed by atoms with Crippen LogP contribution in [0.1, 0.15) is 120 Å². The standard InChI is InChI=1S/C56H59ClN8O7S2/c1-28-19-20-73-49(28)35-11-9-33(10-12-35)30(3)58-52(68)43-24-39(66)27-64(43)54(70)50(56(6,7)8)61-53(69)45-21-36-15-18-40(25-44(36)72-45)71-41-22-38(23-41)59-46(67)26-42-51-63-62-32(5)65(51)55-47(29(2)31(4)74-55)48(60-42)34-13-16-37(57)17-14-34/h9-21,25,30,38-39,41-43,50,66H,22-24,26-27H2,1-8H3,(H,58,68)(H,59,67)(H,61,69)/t30?,38-,39-,41+,42+,43+,50-/m1/s1. The Hall–Kier alpha value is -6.66. The minimum absolute atomic E-state index is 0.00279. The van der Waals surface area contributed by atoms with Gasteiger partial charge in [-0.15, -0.1) is 32.9 Å². The Bertz CT molecular complexity index is 3330. The molecule has 0 bridgehead atoms. The summed E-state index contributed by atoms with van der Waals surface area (Å²) in [6, 6.07) is 21.6. The zero-order chi connectivity index (χ0) is 52.3. The van der Waals surface area contributed by atoms with Crippen LogP contribution in [0.15, 0.2) is 93.7 Å². The molecule has 4 N–H and O–H groups in total. The molecular weight excluding hydrogens is 996 g/mol. The molecule has 3 aromatic carbocycles. The number of aryl methyl sites for hydroxylation is 3. The summed E-state index contributed by atoms with van der Waals surface area (Å²) in [7, 11) is 0. The summed E-state index contributed by atoms with van der Waals surface area (Å²) < 4.78 is 14.4. The Morgan fingerprint density at radius 2 is 1.65 bits per heavy atom. The van der Waals surface area contributed by atoms with Gasteiger partial charge >= 0.3 is 0 Å². The smallest absolute Gasteiger partial charge is 0.287 e. The monoisotopic (exact) mass is 1050 g/mol. The first-order valence-corrected chi connectivity index (χ1v) is 27.0. The summed E-state index contributed by atoms with van der Waals surface area (Å²) in [4.78, 5) is 64.8. The summed E-state index contributed by atoms with van der Waals surface area (Å²) in [5.41, 5.74) is 6.66. The van der Waals surface area contributed by atoms with E-state index in [9.17, 15) is 24.3 Å². The quantitative estimate of drug-likeness (QED) is 0.0870. The number of hydrogen-bond acceptors (Lipinski definition) is 12. The number of benzene rings is 3. The first-order chi connectivity index (χ1) is 35.3. The third-order valence-electron chi connectivity index (χ3n) is 14.4. The summed E-state index contributed by atoms with van der Waals surface area (Å²) in [5, 5.41) is 33.2. The maximum absolute atomic E-state index is 14.4. The van der Waals surface area contributed by atoms with E-state index in [0.717, 1.165) is 49.2 Å². The van der Waals surface area contributed by atoms with Crippen molar-refractivity contribution in [3.05, 3.63) is 139 Å². The number of ether oxygens (including phenoxy) is 1. The lowest BCUT2D eigenvalue weighted by molar-refractivity contribution is -0.142. The lowest BCUT2D eigenvalue weighted by atomic mass is 9.85. The molecule has 0 spiro atoms. The Morgan fingerprint density at radius 1 is 0.919 bits per heavy atom. The highest BCUT2D eigenvalue weighted by Crippen LogP contribution is 2.40. The summed E-state index contributed by atoms with van der Waals surface area (Å²) in [6.07, 6.45) is 0.247. The van der Waals surface area contributed by atoms with Gasteiger partial charge in [-0.3, -0.25) is 28.7 Å². The highest BCUT2D eigenvalue weighted by atomic mass is 35.5. The number of rotatable bonds is 13. The molecule has 7 aromatic rings. The van der Waals surface area contributed by atoms with Crippen LogP contribution in [0, 0.1) is 33.1 Å². The molecule has 6 heterocycles. The lowest BCUT2D eigenvalue weighted by Gasteiger charge is -2.36. The first kappa shape index (κ1) is 50.9. The van der Waals surface area contributed by atoms with Crippen molar-refractivity contribution in [1.29, 1.82) is 0 Å². The predicted molar refractivity (Wildman–Crippen MR) is 288 cm³/mol. The molecule has 4 aromatic heterocycles. The van der Waals surface area contributed by atoms with Crippen molar-refractivity contribution in [3.63, 3.8) is 0 Å². The van der Waals surface area contributed by atoms with Crippen molar-refractivity contribution < 1.29 is 33.4 Å². The van der Waals surface area contributed by atoms with Crippen LogP contribution in [0.4, 0.5) is 0 Å². The van der Waals surface area contributed by atoms with Crippen LogP contribution in [0.2, 0.25) is 5.02 Å². The fraction of sp³-hybridized carbons (Fsp3) is 0.375. The SMILES string of the molecule is Cc1ccsc1-c1ccc(C(C)NC(=O)[C@@H]2C[C@@H](O)CN2C(=O)[C@@H](NC(=O)c2cc3ccc(O[C@H]4C[C@@H](NC(=O)C[C@@H]5N=C(c6ccc(Cl)cc6)c6c(sc(C)c6C)-n6c(C)nnc65)C4)cc3o2)C(C)(C)C)cc1. The van der Waals surface area contributed by atoms with E-state index in [1.54, 1.807) is 46.9 Å². The van der Waals surface area contributed by atoms with E-state index in [-0.39, 0.29) is 55.1 Å². The van der Waals surface area contributed by atoms with Gasteiger partial charge in [0, 0.05) is 69.2 Å². The molecule has 3 aliphatic rings. The van der Waals surface area contributed by atoms with E-state index in [2.05, 4.69) is 58.4 Å². The summed E-state index contributed by atoms with van der Waals surface area (Å²) in [5.74, 6) is 0.267. The number of nitrogens with one attached hydrogen (secondary N) is 3. The van der Waals surface area contributed by atoms with Crippen LogP contribution in [0.5, 0.6) is 5.75 Å². The summed E-state index contributed by atoms with van der Waals surface area (Å²) >= 11 is 9.62. The minimum atomic E-state index is -1.06.